The van der Waals surface area contributed by atoms with Crippen molar-refractivity contribution >= 4 is 11.6 Å². The average molecular weight is 347 g/mol. The molecule has 0 aliphatic rings. The molecular formula is C19H24FN2O3+. The molecule has 134 valence electrons. The number of aromatic nitrogens is 1. The first kappa shape index (κ1) is 18.9. The van der Waals surface area contributed by atoms with Gasteiger partial charge in [0.2, 0.25) is 5.78 Å². The van der Waals surface area contributed by atoms with E-state index in [2.05, 4.69) is 4.98 Å². The van der Waals surface area contributed by atoms with Crippen LogP contribution < -0.4 is 9.64 Å². The molecule has 0 amide bonds. The summed E-state index contributed by atoms with van der Waals surface area (Å²) in [5.74, 6) is -0.341. The van der Waals surface area contributed by atoms with Crippen LogP contribution in [0, 0.1) is 19.7 Å². The van der Waals surface area contributed by atoms with E-state index < -0.39 is 5.82 Å². The van der Waals surface area contributed by atoms with Crippen molar-refractivity contribution in [2.75, 3.05) is 20.7 Å². The lowest BCUT2D eigenvalue weighted by molar-refractivity contribution is -0.884. The number of carbonyl (C=O) groups excluding carboxylic acids is 2. The predicted molar refractivity (Wildman–Crippen MR) is 93.0 cm³/mol. The largest absolute Gasteiger partial charge is 0.494 e. The highest BCUT2D eigenvalue weighted by Crippen LogP contribution is 2.19. The number of likely N-dealkylation sites (N-methyl/N-ethyl adjacent to an activating group) is 1. The standard InChI is InChI=1S/C19H23FN2O3/c1-11-18(13(3)23)12(2)21-19(11)16(24)10-22(4)9-14-6-7-17(25-5)15(20)8-14/h6-8,21H,9-10H2,1-5H3/p+1. The summed E-state index contributed by atoms with van der Waals surface area (Å²) in [6.45, 7) is 5.81. The monoisotopic (exact) mass is 347 g/mol. The van der Waals surface area contributed by atoms with E-state index in [9.17, 15) is 14.0 Å². The quantitative estimate of drug-likeness (QED) is 0.752. The molecule has 0 aliphatic heterocycles. The van der Waals surface area contributed by atoms with Crippen LogP contribution in [0.4, 0.5) is 4.39 Å². The predicted octanol–water partition coefficient (Wildman–Crippen LogP) is 1.88. The van der Waals surface area contributed by atoms with E-state index in [0.29, 0.717) is 29.1 Å². The lowest BCUT2D eigenvalue weighted by atomic mass is 10.1. The van der Waals surface area contributed by atoms with Crippen LogP contribution in [0.3, 0.4) is 0 Å². The van der Waals surface area contributed by atoms with Gasteiger partial charge in [0.05, 0.1) is 19.9 Å². The summed E-state index contributed by atoms with van der Waals surface area (Å²) in [6.07, 6.45) is 0. The normalized spacial score (nSPS) is 12.1. The fraction of sp³-hybridized carbons (Fsp3) is 0.368. The Morgan fingerprint density at radius 1 is 1.28 bits per heavy atom. The maximum atomic E-state index is 13.8. The van der Waals surface area contributed by atoms with E-state index in [4.69, 9.17) is 4.74 Å². The Labute approximate surface area is 146 Å². The molecule has 1 heterocycles. The SMILES string of the molecule is COc1ccc(C[NH+](C)CC(=O)c2[nH]c(C)c(C(C)=O)c2C)cc1F. The number of hydrogen-bond donors (Lipinski definition) is 2. The number of quaternary nitrogens is 1. The summed E-state index contributed by atoms with van der Waals surface area (Å²) < 4.78 is 18.7. The zero-order chi connectivity index (χ0) is 18.7. The molecule has 0 bridgehead atoms. The van der Waals surface area contributed by atoms with Gasteiger partial charge in [-0.2, -0.15) is 0 Å². The lowest BCUT2D eigenvalue weighted by Gasteiger charge is -2.14. The molecule has 2 aromatic rings. The Kier molecular flexibility index (Phi) is 5.74. The summed E-state index contributed by atoms with van der Waals surface area (Å²) in [5.41, 5.74) is 3.25. The molecule has 25 heavy (non-hydrogen) atoms. The number of carbonyl (C=O) groups is 2. The molecule has 5 nitrogen and oxygen atoms in total. The second-order valence-electron chi connectivity index (χ2n) is 6.38. The molecule has 1 unspecified atom stereocenters. The molecule has 0 radical (unpaired) electrons. The van der Waals surface area contributed by atoms with Crippen molar-refractivity contribution in [3.8, 4) is 5.75 Å². The van der Waals surface area contributed by atoms with Crippen LogP contribution in [0.15, 0.2) is 18.2 Å². The van der Waals surface area contributed by atoms with Crippen LogP contribution in [0.2, 0.25) is 0 Å². The van der Waals surface area contributed by atoms with Crippen molar-refractivity contribution in [3.63, 3.8) is 0 Å². The third-order valence-corrected chi connectivity index (χ3v) is 4.25. The second-order valence-corrected chi connectivity index (χ2v) is 6.38. The van der Waals surface area contributed by atoms with Crippen LogP contribution >= 0.6 is 0 Å². The second kappa shape index (κ2) is 7.61. The zero-order valence-electron chi connectivity index (χ0n) is 15.2. The van der Waals surface area contributed by atoms with Gasteiger partial charge >= 0.3 is 0 Å². The summed E-state index contributed by atoms with van der Waals surface area (Å²) >= 11 is 0. The summed E-state index contributed by atoms with van der Waals surface area (Å²) in [7, 11) is 3.29. The molecule has 1 atom stereocenters. The van der Waals surface area contributed by atoms with Crippen molar-refractivity contribution in [2.45, 2.75) is 27.3 Å². The topological polar surface area (TPSA) is 63.6 Å². The molecule has 1 aromatic heterocycles. The number of ketones is 2. The molecule has 2 N–H and O–H groups in total. The van der Waals surface area contributed by atoms with Gasteiger partial charge in [-0.05, 0) is 44.5 Å². The van der Waals surface area contributed by atoms with Gasteiger partial charge in [0.1, 0.15) is 13.1 Å². The molecule has 2 rings (SSSR count). The Morgan fingerprint density at radius 3 is 2.48 bits per heavy atom. The smallest absolute Gasteiger partial charge is 0.233 e. The third kappa shape index (κ3) is 4.14. The van der Waals surface area contributed by atoms with Crippen molar-refractivity contribution in [1.29, 1.82) is 0 Å². The molecule has 0 saturated carbocycles. The van der Waals surface area contributed by atoms with E-state index >= 15 is 0 Å². The number of halogens is 1. The highest BCUT2D eigenvalue weighted by Gasteiger charge is 2.22. The number of ether oxygens (including phenoxy) is 1. The van der Waals surface area contributed by atoms with E-state index in [-0.39, 0.29) is 23.9 Å². The highest BCUT2D eigenvalue weighted by atomic mass is 19.1. The number of hydrogen-bond acceptors (Lipinski definition) is 3. The van der Waals surface area contributed by atoms with E-state index in [0.717, 1.165) is 10.5 Å². The van der Waals surface area contributed by atoms with Gasteiger partial charge in [0.15, 0.2) is 17.3 Å². The number of rotatable bonds is 7. The van der Waals surface area contributed by atoms with Crippen molar-refractivity contribution in [2.24, 2.45) is 0 Å². The molecule has 1 aromatic carbocycles. The first-order valence-corrected chi connectivity index (χ1v) is 8.11. The molecule has 6 heteroatoms. The number of nitrogens with one attached hydrogen (secondary N) is 2. The minimum atomic E-state index is -0.416. The number of methoxy groups -OCH3 is 1. The van der Waals surface area contributed by atoms with Crippen molar-refractivity contribution in [3.05, 3.63) is 52.1 Å². The Morgan fingerprint density at radius 2 is 1.96 bits per heavy atom. The van der Waals surface area contributed by atoms with Gasteiger partial charge in [-0.25, -0.2) is 4.39 Å². The van der Waals surface area contributed by atoms with E-state index in [1.54, 1.807) is 26.0 Å². The molecule has 0 aliphatic carbocycles. The van der Waals surface area contributed by atoms with Crippen LogP contribution in [-0.2, 0) is 6.54 Å². The number of benzene rings is 1. The summed E-state index contributed by atoms with van der Waals surface area (Å²) in [5, 5.41) is 0. The number of aromatic amines is 1. The average Bonchev–Trinajstić information content (AvgIpc) is 2.82. The Bertz CT molecular complexity index is 811. The van der Waals surface area contributed by atoms with Gasteiger partial charge in [-0.1, -0.05) is 0 Å². The first-order valence-electron chi connectivity index (χ1n) is 8.11. The number of aryl methyl sites for hydroxylation is 1. The third-order valence-electron chi connectivity index (χ3n) is 4.25. The van der Waals surface area contributed by atoms with Crippen LogP contribution in [0.1, 0.15) is 44.6 Å². The fourth-order valence-electron chi connectivity index (χ4n) is 3.15. The lowest BCUT2D eigenvalue weighted by Crippen LogP contribution is -3.08. The summed E-state index contributed by atoms with van der Waals surface area (Å²) in [4.78, 5) is 28.2. The van der Waals surface area contributed by atoms with Gasteiger partial charge in [-0.15, -0.1) is 0 Å². The van der Waals surface area contributed by atoms with Crippen LogP contribution in [0.25, 0.3) is 0 Å². The van der Waals surface area contributed by atoms with Crippen LogP contribution in [0.5, 0.6) is 5.75 Å². The van der Waals surface area contributed by atoms with Gasteiger partial charge in [0.25, 0.3) is 0 Å². The maximum Gasteiger partial charge on any atom is 0.233 e. The van der Waals surface area contributed by atoms with Crippen LogP contribution in [-0.4, -0.2) is 37.3 Å². The minimum absolute atomic E-state index is 0.0558. The van der Waals surface area contributed by atoms with E-state index in [1.165, 1.54) is 20.1 Å². The molecular weight excluding hydrogens is 323 g/mol. The molecule has 0 fully saturated rings. The van der Waals surface area contributed by atoms with Crippen molar-refractivity contribution < 1.29 is 23.6 Å². The van der Waals surface area contributed by atoms with Crippen molar-refractivity contribution in [1.82, 2.24) is 4.98 Å². The van der Waals surface area contributed by atoms with Gasteiger partial charge in [-0.3, -0.25) is 9.59 Å². The van der Waals surface area contributed by atoms with Gasteiger partial charge < -0.3 is 14.6 Å². The highest BCUT2D eigenvalue weighted by molar-refractivity contribution is 6.03. The first-order chi connectivity index (χ1) is 11.7. The minimum Gasteiger partial charge on any atom is -0.494 e. The Balaban J connectivity index is 2.09. The van der Waals surface area contributed by atoms with Gasteiger partial charge in [0, 0.05) is 16.8 Å². The number of Topliss-reactive ketones (excluding diaryl/α,β-unsaturated/α-hetero) is 2. The van der Waals surface area contributed by atoms with E-state index in [1.807, 2.05) is 7.05 Å². The molecule has 0 saturated heterocycles. The Hall–Kier alpha value is -2.47. The molecule has 0 spiro atoms. The fourth-order valence-corrected chi connectivity index (χ4v) is 3.15. The number of H-pyrrole nitrogens is 1. The maximum absolute atomic E-state index is 13.8. The zero-order valence-corrected chi connectivity index (χ0v) is 15.2. The summed E-state index contributed by atoms with van der Waals surface area (Å²) in [6, 6.07) is 4.79.